The third-order valence-corrected chi connectivity index (χ3v) is 3.13. The first-order valence-electron chi connectivity index (χ1n) is 6.68. The predicted octanol–water partition coefficient (Wildman–Crippen LogP) is 1.83. The van der Waals surface area contributed by atoms with Gasteiger partial charge < -0.3 is 19.8 Å². The number of para-hydroxylation sites is 2. The molecule has 0 bridgehead atoms. The van der Waals surface area contributed by atoms with Crippen molar-refractivity contribution >= 4 is 22.9 Å². The lowest BCUT2D eigenvalue weighted by molar-refractivity contribution is 0.0659. The molecule has 3 rings (SSSR count). The van der Waals surface area contributed by atoms with E-state index in [0.717, 1.165) is 16.9 Å². The number of H-pyrrole nitrogens is 1. The molecule has 0 radical (unpaired) electrons. The molecule has 1 aromatic carbocycles. The summed E-state index contributed by atoms with van der Waals surface area (Å²) in [5, 5.41) is 11.4. The van der Waals surface area contributed by atoms with Gasteiger partial charge in [-0.1, -0.05) is 12.1 Å². The van der Waals surface area contributed by atoms with Gasteiger partial charge in [0.15, 0.2) is 5.76 Å². The Morgan fingerprint density at radius 3 is 2.68 bits per heavy atom. The maximum absolute atomic E-state index is 11.8. The summed E-state index contributed by atoms with van der Waals surface area (Å²) in [5.74, 6) is -1.18. The summed E-state index contributed by atoms with van der Waals surface area (Å²) >= 11 is 0. The van der Waals surface area contributed by atoms with Gasteiger partial charge in [0, 0.05) is 13.0 Å². The molecule has 22 heavy (non-hydrogen) atoms. The number of furan rings is 1. The highest BCUT2D eigenvalue weighted by Gasteiger charge is 2.14. The molecule has 2 heterocycles. The zero-order valence-electron chi connectivity index (χ0n) is 11.5. The van der Waals surface area contributed by atoms with Gasteiger partial charge in [0.25, 0.3) is 5.91 Å². The monoisotopic (exact) mass is 299 g/mol. The van der Waals surface area contributed by atoms with E-state index in [-0.39, 0.29) is 11.5 Å². The highest BCUT2D eigenvalue weighted by atomic mass is 16.4. The summed E-state index contributed by atoms with van der Waals surface area (Å²) in [6.45, 7) is 0.363. The van der Waals surface area contributed by atoms with Crippen molar-refractivity contribution in [2.45, 2.75) is 6.42 Å². The quantitative estimate of drug-likeness (QED) is 0.666. The van der Waals surface area contributed by atoms with Gasteiger partial charge in [0.1, 0.15) is 5.82 Å². The lowest BCUT2D eigenvalue weighted by Crippen LogP contribution is -2.25. The van der Waals surface area contributed by atoms with E-state index in [0.29, 0.717) is 13.0 Å². The molecular formula is C15H13N3O4. The van der Waals surface area contributed by atoms with E-state index >= 15 is 0 Å². The molecule has 7 heteroatoms. The molecule has 0 saturated carbocycles. The van der Waals surface area contributed by atoms with Gasteiger partial charge in [-0.05, 0) is 24.3 Å². The molecule has 0 fully saturated rings. The van der Waals surface area contributed by atoms with Crippen LogP contribution in [0.1, 0.15) is 26.9 Å². The molecule has 0 aliphatic rings. The number of nitrogens with one attached hydrogen (secondary N) is 2. The van der Waals surface area contributed by atoms with E-state index in [1.807, 2.05) is 24.3 Å². The van der Waals surface area contributed by atoms with Gasteiger partial charge in [0.05, 0.1) is 11.0 Å². The molecule has 0 saturated heterocycles. The van der Waals surface area contributed by atoms with Crippen molar-refractivity contribution in [3.05, 3.63) is 53.7 Å². The number of carboxylic acids is 1. The van der Waals surface area contributed by atoms with Crippen LogP contribution in [0, 0.1) is 0 Å². The van der Waals surface area contributed by atoms with Gasteiger partial charge in [0.2, 0.25) is 5.76 Å². The molecule has 0 aliphatic carbocycles. The van der Waals surface area contributed by atoms with Gasteiger partial charge >= 0.3 is 5.97 Å². The van der Waals surface area contributed by atoms with Crippen LogP contribution in [-0.2, 0) is 6.42 Å². The lowest BCUT2D eigenvalue weighted by Gasteiger charge is -2.01. The second-order valence-corrected chi connectivity index (χ2v) is 4.68. The van der Waals surface area contributed by atoms with E-state index in [1.54, 1.807) is 0 Å². The summed E-state index contributed by atoms with van der Waals surface area (Å²) in [4.78, 5) is 30.1. The van der Waals surface area contributed by atoms with E-state index in [4.69, 9.17) is 9.52 Å². The van der Waals surface area contributed by atoms with Gasteiger partial charge in [-0.25, -0.2) is 9.78 Å². The summed E-state index contributed by atoms with van der Waals surface area (Å²) in [6.07, 6.45) is 0.535. The van der Waals surface area contributed by atoms with Gasteiger partial charge in [-0.2, -0.15) is 0 Å². The summed E-state index contributed by atoms with van der Waals surface area (Å²) in [5.41, 5.74) is 1.82. The molecule has 0 atom stereocenters. The van der Waals surface area contributed by atoms with Crippen LogP contribution in [0.5, 0.6) is 0 Å². The van der Waals surface area contributed by atoms with E-state index in [1.165, 1.54) is 12.1 Å². The number of fused-ring (bicyclic) bond motifs is 1. The number of nitrogens with zero attached hydrogens (tertiary/aromatic N) is 1. The van der Waals surface area contributed by atoms with Crippen LogP contribution in [0.25, 0.3) is 11.0 Å². The maximum atomic E-state index is 11.8. The fraction of sp³-hybridized carbons (Fsp3) is 0.133. The third-order valence-electron chi connectivity index (χ3n) is 3.13. The molecule has 7 nitrogen and oxygen atoms in total. The first-order chi connectivity index (χ1) is 10.6. The number of rotatable bonds is 5. The highest BCUT2D eigenvalue weighted by molar-refractivity contribution is 5.93. The number of aromatic nitrogens is 2. The smallest absolute Gasteiger partial charge is 0.371 e. The van der Waals surface area contributed by atoms with Crippen LogP contribution in [-0.4, -0.2) is 33.5 Å². The Morgan fingerprint density at radius 1 is 1.18 bits per heavy atom. The minimum Gasteiger partial charge on any atom is -0.475 e. The zero-order chi connectivity index (χ0) is 15.5. The maximum Gasteiger partial charge on any atom is 0.371 e. The topological polar surface area (TPSA) is 108 Å². The summed E-state index contributed by atoms with van der Waals surface area (Å²) in [6, 6.07) is 10.2. The Bertz CT molecular complexity index is 801. The molecule has 0 spiro atoms. The SMILES string of the molecule is O=C(O)c1ccc(C(=O)NCCc2nc3ccccc3[nH]2)o1. The van der Waals surface area contributed by atoms with Gasteiger partial charge in [-0.3, -0.25) is 4.79 Å². The number of hydrogen-bond acceptors (Lipinski definition) is 4. The predicted molar refractivity (Wildman–Crippen MR) is 77.8 cm³/mol. The Labute approximate surface area is 125 Å². The second kappa shape index (κ2) is 5.72. The number of aromatic amines is 1. The molecule has 0 unspecified atom stereocenters. The Morgan fingerprint density at radius 2 is 1.95 bits per heavy atom. The number of carboxylic acid groups (broad SMARTS) is 1. The molecule has 1 amide bonds. The number of aromatic carboxylic acids is 1. The molecule has 3 N–H and O–H groups in total. The zero-order valence-corrected chi connectivity index (χ0v) is 11.5. The number of carbonyl (C=O) groups is 2. The van der Waals surface area contributed by atoms with Crippen LogP contribution in [0.3, 0.4) is 0 Å². The number of carbonyl (C=O) groups excluding carboxylic acids is 1. The van der Waals surface area contributed by atoms with Crippen LogP contribution in [0.2, 0.25) is 0 Å². The first-order valence-corrected chi connectivity index (χ1v) is 6.68. The van der Waals surface area contributed by atoms with Crippen molar-refractivity contribution in [1.29, 1.82) is 0 Å². The van der Waals surface area contributed by atoms with Crippen molar-refractivity contribution in [2.75, 3.05) is 6.54 Å². The average Bonchev–Trinajstić information content (AvgIpc) is 3.13. The Balaban J connectivity index is 1.57. The summed E-state index contributed by atoms with van der Waals surface area (Å²) in [7, 11) is 0. The van der Waals surface area contributed by atoms with E-state index in [9.17, 15) is 9.59 Å². The van der Waals surface area contributed by atoms with Crippen LogP contribution in [0.15, 0.2) is 40.8 Å². The third kappa shape index (κ3) is 2.83. The highest BCUT2D eigenvalue weighted by Crippen LogP contribution is 2.10. The minimum atomic E-state index is -1.21. The molecule has 112 valence electrons. The lowest BCUT2D eigenvalue weighted by atomic mass is 10.3. The number of amides is 1. The van der Waals surface area contributed by atoms with Crippen molar-refractivity contribution in [3.8, 4) is 0 Å². The van der Waals surface area contributed by atoms with Crippen molar-refractivity contribution in [3.63, 3.8) is 0 Å². The van der Waals surface area contributed by atoms with Crippen LogP contribution < -0.4 is 5.32 Å². The average molecular weight is 299 g/mol. The Hall–Kier alpha value is -3.09. The number of benzene rings is 1. The fourth-order valence-electron chi connectivity index (χ4n) is 2.08. The molecule has 3 aromatic rings. The van der Waals surface area contributed by atoms with E-state index < -0.39 is 11.9 Å². The standard InChI is InChI=1S/C15H13N3O4/c19-14(11-5-6-12(22-11)15(20)21)16-8-7-13-17-9-3-1-2-4-10(9)18-13/h1-6H,7-8H2,(H,16,19)(H,17,18)(H,20,21). The fourth-order valence-corrected chi connectivity index (χ4v) is 2.08. The first kappa shape index (κ1) is 13.9. The molecule has 0 aliphatic heterocycles. The Kier molecular flexibility index (Phi) is 3.61. The van der Waals surface area contributed by atoms with Crippen molar-refractivity contribution < 1.29 is 19.1 Å². The largest absolute Gasteiger partial charge is 0.475 e. The van der Waals surface area contributed by atoms with E-state index in [2.05, 4.69) is 15.3 Å². The van der Waals surface area contributed by atoms with Crippen molar-refractivity contribution in [2.24, 2.45) is 0 Å². The van der Waals surface area contributed by atoms with Crippen LogP contribution >= 0.6 is 0 Å². The normalized spacial score (nSPS) is 10.7. The van der Waals surface area contributed by atoms with Crippen molar-refractivity contribution in [1.82, 2.24) is 15.3 Å². The molecular weight excluding hydrogens is 286 g/mol. The van der Waals surface area contributed by atoms with Gasteiger partial charge in [-0.15, -0.1) is 0 Å². The summed E-state index contributed by atoms with van der Waals surface area (Å²) < 4.78 is 4.92. The minimum absolute atomic E-state index is 0.0259. The number of hydrogen-bond donors (Lipinski definition) is 3. The second-order valence-electron chi connectivity index (χ2n) is 4.68. The molecule has 2 aromatic heterocycles. The number of imidazole rings is 1. The van der Waals surface area contributed by atoms with Crippen LogP contribution in [0.4, 0.5) is 0 Å².